The maximum atomic E-state index is 11.9. The number of benzene rings is 1. The number of halogens is 2. The van der Waals surface area contributed by atoms with Crippen molar-refractivity contribution in [2.75, 3.05) is 26.8 Å². The number of hydrogen-bond donors (Lipinski definition) is 2. The van der Waals surface area contributed by atoms with Gasteiger partial charge in [0.05, 0.1) is 6.61 Å². The summed E-state index contributed by atoms with van der Waals surface area (Å²) in [6.07, 6.45) is 2.59. The molecule has 0 aromatic heterocycles. The van der Waals surface area contributed by atoms with Gasteiger partial charge in [0.25, 0.3) is 0 Å². The van der Waals surface area contributed by atoms with Gasteiger partial charge in [0.1, 0.15) is 6.04 Å². The zero-order valence-corrected chi connectivity index (χ0v) is 16.7. The van der Waals surface area contributed by atoms with Gasteiger partial charge in [-0.15, -0.1) is 24.8 Å². The molecule has 25 heavy (non-hydrogen) atoms. The van der Waals surface area contributed by atoms with E-state index in [-0.39, 0.29) is 37.3 Å². The van der Waals surface area contributed by atoms with Gasteiger partial charge >= 0.3 is 0 Å². The number of hydrogen-bond acceptors (Lipinski definition) is 4. The van der Waals surface area contributed by atoms with Gasteiger partial charge in [-0.1, -0.05) is 31.2 Å². The van der Waals surface area contributed by atoms with Crippen LogP contribution in [-0.4, -0.2) is 43.7 Å². The average molecular weight is 392 g/mol. The molecule has 0 spiro atoms. The second kappa shape index (κ2) is 12.5. The van der Waals surface area contributed by atoms with Crippen LogP contribution < -0.4 is 11.1 Å². The number of nitrogens with two attached hydrogens (primary N) is 1. The summed E-state index contributed by atoms with van der Waals surface area (Å²) in [5.41, 5.74) is 8.19. The van der Waals surface area contributed by atoms with Gasteiger partial charge in [-0.25, -0.2) is 0 Å². The van der Waals surface area contributed by atoms with E-state index >= 15 is 0 Å². The Morgan fingerprint density at radius 1 is 1.36 bits per heavy atom. The number of ether oxygens (including phenoxy) is 1. The zero-order valence-electron chi connectivity index (χ0n) is 15.1. The van der Waals surface area contributed by atoms with Gasteiger partial charge in [-0.2, -0.15) is 0 Å². The van der Waals surface area contributed by atoms with E-state index in [0.717, 1.165) is 31.1 Å². The molecule has 2 unspecified atom stereocenters. The van der Waals surface area contributed by atoms with Crippen molar-refractivity contribution < 1.29 is 9.53 Å². The Bertz CT molecular complexity index is 517. The highest BCUT2D eigenvalue weighted by molar-refractivity contribution is 5.85. The third-order valence-corrected chi connectivity index (χ3v) is 4.39. The fourth-order valence-corrected chi connectivity index (χ4v) is 3.12. The minimum atomic E-state index is -0.616. The van der Waals surface area contributed by atoms with E-state index in [1.165, 1.54) is 18.4 Å². The molecule has 1 aliphatic heterocycles. The lowest BCUT2D eigenvalue weighted by Gasteiger charge is -2.31. The Balaban J connectivity index is 0.00000288. The van der Waals surface area contributed by atoms with Crippen molar-refractivity contribution in [2.45, 2.75) is 38.9 Å². The summed E-state index contributed by atoms with van der Waals surface area (Å²) in [7, 11) is 1.54. The van der Waals surface area contributed by atoms with Crippen LogP contribution in [0.2, 0.25) is 0 Å². The Labute approximate surface area is 163 Å². The number of methoxy groups -OCH3 is 1. The smallest absolute Gasteiger partial charge is 0.239 e. The Morgan fingerprint density at radius 3 is 2.68 bits per heavy atom. The fourth-order valence-electron chi connectivity index (χ4n) is 3.12. The lowest BCUT2D eigenvalue weighted by atomic mass is 9.99. The van der Waals surface area contributed by atoms with Crippen LogP contribution in [0.15, 0.2) is 24.3 Å². The molecule has 1 heterocycles. The van der Waals surface area contributed by atoms with E-state index < -0.39 is 6.04 Å². The van der Waals surface area contributed by atoms with Crippen LogP contribution in [-0.2, 0) is 22.6 Å². The first-order chi connectivity index (χ1) is 11.1. The summed E-state index contributed by atoms with van der Waals surface area (Å²) in [6.45, 7) is 6.31. The van der Waals surface area contributed by atoms with E-state index in [1.54, 1.807) is 7.11 Å². The minimum Gasteiger partial charge on any atom is -0.383 e. The van der Waals surface area contributed by atoms with Crippen LogP contribution >= 0.6 is 24.8 Å². The molecular weight excluding hydrogens is 361 g/mol. The topological polar surface area (TPSA) is 67.6 Å². The van der Waals surface area contributed by atoms with Crippen LogP contribution in [0.4, 0.5) is 0 Å². The first kappa shape index (κ1) is 24.1. The Kier molecular flexibility index (Phi) is 12.1. The molecule has 1 amide bonds. The van der Waals surface area contributed by atoms with Crippen LogP contribution in [0, 0.1) is 5.92 Å². The highest BCUT2D eigenvalue weighted by Crippen LogP contribution is 2.19. The Hall–Kier alpha value is -0.850. The van der Waals surface area contributed by atoms with Crippen LogP contribution in [0.25, 0.3) is 0 Å². The largest absolute Gasteiger partial charge is 0.383 e. The van der Waals surface area contributed by atoms with Gasteiger partial charge in [-0.3, -0.25) is 9.69 Å². The summed E-state index contributed by atoms with van der Waals surface area (Å²) in [5.74, 6) is 0.593. The molecular formula is C18H31Cl2N3O2. The number of carbonyl (C=O) groups excluding carboxylic acids is 1. The molecule has 7 heteroatoms. The van der Waals surface area contributed by atoms with E-state index in [4.69, 9.17) is 10.5 Å². The molecule has 144 valence electrons. The number of carbonyl (C=O) groups is 1. The second-order valence-electron chi connectivity index (χ2n) is 6.53. The molecule has 1 aromatic carbocycles. The van der Waals surface area contributed by atoms with Gasteiger partial charge in [0.15, 0.2) is 0 Å². The number of amides is 1. The molecule has 0 bridgehead atoms. The summed E-state index contributed by atoms with van der Waals surface area (Å²) in [6, 6.07) is 7.68. The first-order valence-corrected chi connectivity index (χ1v) is 8.41. The minimum absolute atomic E-state index is 0. The van der Waals surface area contributed by atoms with Gasteiger partial charge in [-0.05, 0) is 36.4 Å². The summed E-state index contributed by atoms with van der Waals surface area (Å²) >= 11 is 0. The van der Waals surface area contributed by atoms with E-state index in [9.17, 15) is 4.79 Å². The van der Waals surface area contributed by atoms with Crippen LogP contribution in [0.3, 0.4) is 0 Å². The van der Waals surface area contributed by atoms with Crippen molar-refractivity contribution in [3.05, 3.63) is 35.4 Å². The molecule has 0 aliphatic carbocycles. The van der Waals surface area contributed by atoms with Gasteiger partial charge in [0, 0.05) is 26.7 Å². The van der Waals surface area contributed by atoms with Crippen molar-refractivity contribution in [2.24, 2.45) is 11.7 Å². The van der Waals surface area contributed by atoms with Crippen molar-refractivity contribution >= 4 is 30.7 Å². The van der Waals surface area contributed by atoms with Crippen LogP contribution in [0.1, 0.15) is 30.9 Å². The summed E-state index contributed by atoms with van der Waals surface area (Å²) < 4.78 is 4.92. The molecule has 3 N–H and O–H groups in total. The predicted octanol–water partition coefficient (Wildman–Crippen LogP) is 2.35. The standard InChI is InChI=1S/C18H29N3O2.2ClH/c1-14-6-5-9-21(11-14)12-16-8-4-3-7-15(16)10-20-18(22)17(19)13-23-2;;/h3-4,7-8,14,17H,5-6,9-13,19H2,1-2H3,(H,20,22);2*1H. The number of nitrogens with zero attached hydrogens (tertiary/aromatic N) is 1. The third-order valence-electron chi connectivity index (χ3n) is 4.39. The molecule has 2 atom stereocenters. The van der Waals surface area contributed by atoms with Crippen molar-refractivity contribution in [1.82, 2.24) is 10.2 Å². The number of rotatable bonds is 7. The van der Waals surface area contributed by atoms with Crippen molar-refractivity contribution in [3.63, 3.8) is 0 Å². The molecule has 1 aliphatic rings. The highest BCUT2D eigenvalue weighted by atomic mass is 35.5. The highest BCUT2D eigenvalue weighted by Gasteiger charge is 2.18. The summed E-state index contributed by atoms with van der Waals surface area (Å²) in [4.78, 5) is 14.4. The normalized spacial score (nSPS) is 18.6. The average Bonchev–Trinajstić information content (AvgIpc) is 2.54. The number of piperidine rings is 1. The van der Waals surface area contributed by atoms with Gasteiger partial charge in [0.2, 0.25) is 5.91 Å². The molecule has 0 saturated carbocycles. The van der Waals surface area contributed by atoms with E-state index in [2.05, 4.69) is 35.3 Å². The fraction of sp³-hybridized carbons (Fsp3) is 0.611. The molecule has 1 saturated heterocycles. The Morgan fingerprint density at radius 2 is 2.04 bits per heavy atom. The summed E-state index contributed by atoms with van der Waals surface area (Å²) in [5, 5.41) is 2.91. The number of likely N-dealkylation sites (tertiary alicyclic amines) is 1. The number of nitrogens with one attached hydrogen (secondary N) is 1. The van der Waals surface area contributed by atoms with Crippen molar-refractivity contribution in [3.8, 4) is 0 Å². The van der Waals surface area contributed by atoms with Crippen molar-refractivity contribution in [1.29, 1.82) is 0 Å². The molecule has 2 rings (SSSR count). The monoisotopic (exact) mass is 391 g/mol. The molecule has 1 aromatic rings. The second-order valence-corrected chi connectivity index (χ2v) is 6.53. The van der Waals surface area contributed by atoms with Crippen LogP contribution in [0.5, 0.6) is 0 Å². The lowest BCUT2D eigenvalue weighted by molar-refractivity contribution is -0.123. The zero-order chi connectivity index (χ0) is 16.7. The van der Waals surface area contributed by atoms with Gasteiger partial charge < -0.3 is 15.8 Å². The molecule has 5 nitrogen and oxygen atoms in total. The third kappa shape index (κ3) is 7.92. The lowest BCUT2D eigenvalue weighted by Crippen LogP contribution is -2.43. The predicted molar refractivity (Wildman–Crippen MR) is 106 cm³/mol. The first-order valence-electron chi connectivity index (χ1n) is 8.41. The maximum Gasteiger partial charge on any atom is 0.239 e. The molecule has 1 fully saturated rings. The quantitative estimate of drug-likeness (QED) is 0.748. The SMILES string of the molecule is COCC(N)C(=O)NCc1ccccc1CN1CCCC(C)C1.Cl.Cl. The van der Waals surface area contributed by atoms with E-state index in [1.807, 2.05) is 6.07 Å². The maximum absolute atomic E-state index is 11.9. The molecule has 0 radical (unpaired) electrons. The van der Waals surface area contributed by atoms with E-state index in [0.29, 0.717) is 6.54 Å².